The maximum atomic E-state index is 4.29. The molecule has 0 saturated heterocycles. The lowest BCUT2D eigenvalue weighted by atomic mass is 9.92. The Labute approximate surface area is 100 Å². The van der Waals surface area contributed by atoms with Crippen LogP contribution in [0.15, 0.2) is 12.3 Å². The summed E-state index contributed by atoms with van der Waals surface area (Å²) in [5, 5.41) is 4.29. The van der Waals surface area contributed by atoms with Crippen LogP contribution in [0.3, 0.4) is 0 Å². The van der Waals surface area contributed by atoms with Crippen molar-refractivity contribution in [3.8, 4) is 0 Å². The average Bonchev–Trinajstić information content (AvgIpc) is 2.70. The Hall–Kier alpha value is -0.790. The van der Waals surface area contributed by atoms with Crippen molar-refractivity contribution in [1.29, 1.82) is 0 Å². The van der Waals surface area contributed by atoms with E-state index in [9.17, 15) is 0 Å². The van der Waals surface area contributed by atoms with Crippen molar-refractivity contribution < 1.29 is 0 Å². The zero-order valence-electron chi connectivity index (χ0n) is 11.1. The van der Waals surface area contributed by atoms with Crippen molar-refractivity contribution in [2.45, 2.75) is 64.7 Å². The molecular weight excluding hydrogens is 196 g/mol. The molecule has 2 heteroatoms. The van der Waals surface area contributed by atoms with Crippen LogP contribution in [-0.2, 0) is 7.05 Å². The van der Waals surface area contributed by atoms with Crippen molar-refractivity contribution in [3.05, 3.63) is 18.0 Å². The molecule has 1 rings (SSSR count). The van der Waals surface area contributed by atoms with Crippen LogP contribution in [0.1, 0.15) is 70.4 Å². The predicted molar refractivity (Wildman–Crippen MR) is 69.6 cm³/mol. The first-order valence-corrected chi connectivity index (χ1v) is 6.77. The van der Waals surface area contributed by atoms with E-state index in [0.29, 0.717) is 0 Å². The van der Waals surface area contributed by atoms with Crippen molar-refractivity contribution >= 4 is 0 Å². The van der Waals surface area contributed by atoms with Crippen LogP contribution < -0.4 is 0 Å². The minimum atomic E-state index is 0.721. The lowest BCUT2D eigenvalue weighted by Gasteiger charge is -2.16. The largest absolute Gasteiger partial charge is 0.272 e. The summed E-state index contributed by atoms with van der Waals surface area (Å²) in [5.41, 5.74) is 1.42. The van der Waals surface area contributed by atoms with E-state index in [0.717, 1.165) is 5.92 Å². The second-order valence-corrected chi connectivity index (χ2v) is 4.71. The van der Waals surface area contributed by atoms with Crippen LogP contribution in [0.25, 0.3) is 0 Å². The van der Waals surface area contributed by atoms with Crippen LogP contribution in [-0.4, -0.2) is 9.78 Å². The van der Waals surface area contributed by atoms with Crippen molar-refractivity contribution in [2.24, 2.45) is 7.05 Å². The molecule has 0 aromatic carbocycles. The van der Waals surface area contributed by atoms with E-state index in [4.69, 9.17) is 0 Å². The molecule has 0 N–H and O–H groups in total. The quantitative estimate of drug-likeness (QED) is 0.600. The monoisotopic (exact) mass is 222 g/mol. The fourth-order valence-corrected chi connectivity index (χ4v) is 2.32. The van der Waals surface area contributed by atoms with Crippen molar-refractivity contribution in [1.82, 2.24) is 9.78 Å². The summed E-state index contributed by atoms with van der Waals surface area (Å²) in [4.78, 5) is 0. The van der Waals surface area contributed by atoms with Gasteiger partial charge in [0.25, 0.3) is 0 Å². The minimum Gasteiger partial charge on any atom is -0.272 e. The number of aromatic nitrogens is 2. The highest BCUT2D eigenvalue weighted by molar-refractivity contribution is 5.07. The third-order valence-electron chi connectivity index (χ3n) is 3.34. The molecule has 1 aromatic rings. The van der Waals surface area contributed by atoms with Crippen LogP contribution in [0.5, 0.6) is 0 Å². The van der Waals surface area contributed by atoms with Gasteiger partial charge in [0.05, 0.1) is 0 Å². The van der Waals surface area contributed by atoms with Gasteiger partial charge in [-0.25, -0.2) is 0 Å². The van der Waals surface area contributed by atoms with Crippen LogP contribution in [0.2, 0.25) is 0 Å². The molecule has 0 saturated carbocycles. The topological polar surface area (TPSA) is 17.8 Å². The van der Waals surface area contributed by atoms with E-state index in [1.807, 2.05) is 10.9 Å². The van der Waals surface area contributed by atoms with Gasteiger partial charge < -0.3 is 0 Å². The van der Waals surface area contributed by atoms with Gasteiger partial charge in [0.2, 0.25) is 0 Å². The van der Waals surface area contributed by atoms with Crippen LogP contribution in [0, 0.1) is 0 Å². The molecular formula is C14H26N2. The summed E-state index contributed by atoms with van der Waals surface area (Å²) in [5.74, 6) is 0.721. The minimum absolute atomic E-state index is 0.721. The zero-order valence-corrected chi connectivity index (χ0v) is 11.1. The molecule has 0 aliphatic heterocycles. The molecule has 0 bridgehead atoms. The van der Waals surface area contributed by atoms with Crippen LogP contribution >= 0.6 is 0 Å². The number of aryl methyl sites for hydroxylation is 1. The molecule has 0 fully saturated rings. The van der Waals surface area contributed by atoms with E-state index >= 15 is 0 Å². The Morgan fingerprint density at radius 3 is 2.38 bits per heavy atom. The molecule has 0 spiro atoms. The summed E-state index contributed by atoms with van der Waals surface area (Å²) >= 11 is 0. The van der Waals surface area contributed by atoms with Gasteiger partial charge in [0.15, 0.2) is 0 Å². The highest BCUT2D eigenvalue weighted by atomic mass is 15.3. The molecule has 0 aliphatic carbocycles. The van der Waals surface area contributed by atoms with E-state index < -0.39 is 0 Å². The maximum absolute atomic E-state index is 4.29. The van der Waals surface area contributed by atoms with Gasteiger partial charge in [-0.3, -0.25) is 4.68 Å². The Balaban J connectivity index is 2.53. The average molecular weight is 222 g/mol. The summed E-state index contributed by atoms with van der Waals surface area (Å²) in [6.45, 7) is 4.54. The number of rotatable bonds is 8. The molecule has 1 aromatic heterocycles. The first kappa shape index (κ1) is 13.3. The molecule has 0 aliphatic rings. The van der Waals surface area contributed by atoms with E-state index in [1.54, 1.807) is 0 Å². The molecule has 1 atom stereocenters. The van der Waals surface area contributed by atoms with Crippen molar-refractivity contribution in [2.75, 3.05) is 0 Å². The Bertz CT molecular complexity index is 278. The number of hydrogen-bond donors (Lipinski definition) is 0. The summed E-state index contributed by atoms with van der Waals surface area (Å²) in [7, 11) is 2.06. The lowest BCUT2D eigenvalue weighted by Crippen LogP contribution is -2.06. The predicted octanol–water partition coefficient (Wildman–Crippen LogP) is 4.27. The van der Waals surface area contributed by atoms with Gasteiger partial charge in [-0.1, -0.05) is 46.0 Å². The van der Waals surface area contributed by atoms with Crippen molar-refractivity contribution in [3.63, 3.8) is 0 Å². The zero-order chi connectivity index (χ0) is 11.8. The van der Waals surface area contributed by atoms with E-state index in [1.165, 1.54) is 50.6 Å². The highest BCUT2D eigenvalue weighted by Crippen LogP contribution is 2.27. The summed E-state index contributed by atoms with van der Waals surface area (Å²) in [6, 6.07) is 2.19. The SMILES string of the molecule is CCCCCC(CCCC)c1ccnn1C. The molecule has 0 radical (unpaired) electrons. The van der Waals surface area contributed by atoms with Gasteiger partial charge >= 0.3 is 0 Å². The number of nitrogens with zero attached hydrogens (tertiary/aromatic N) is 2. The second kappa shape index (κ2) is 7.48. The summed E-state index contributed by atoms with van der Waals surface area (Å²) in [6.07, 6.45) is 11.2. The first-order chi connectivity index (χ1) is 7.79. The Kier molecular flexibility index (Phi) is 6.20. The van der Waals surface area contributed by atoms with E-state index in [-0.39, 0.29) is 0 Å². The normalized spacial score (nSPS) is 12.9. The second-order valence-electron chi connectivity index (χ2n) is 4.71. The standard InChI is InChI=1S/C14H26N2/c1-4-6-8-10-13(9-7-5-2)14-11-12-15-16(14)3/h11-13H,4-10H2,1-3H3. The molecule has 0 amide bonds. The fraction of sp³-hybridized carbons (Fsp3) is 0.786. The molecule has 16 heavy (non-hydrogen) atoms. The number of unbranched alkanes of at least 4 members (excludes halogenated alkanes) is 3. The summed E-state index contributed by atoms with van der Waals surface area (Å²) < 4.78 is 2.05. The fourth-order valence-electron chi connectivity index (χ4n) is 2.32. The Morgan fingerprint density at radius 2 is 1.81 bits per heavy atom. The maximum Gasteiger partial charge on any atom is 0.0492 e. The van der Waals surface area contributed by atoms with Gasteiger partial charge in [0.1, 0.15) is 0 Å². The highest BCUT2D eigenvalue weighted by Gasteiger charge is 2.13. The third kappa shape index (κ3) is 3.99. The third-order valence-corrected chi connectivity index (χ3v) is 3.34. The first-order valence-electron chi connectivity index (χ1n) is 6.77. The molecule has 1 heterocycles. The van der Waals surface area contributed by atoms with Gasteiger partial charge in [0, 0.05) is 24.9 Å². The van der Waals surface area contributed by atoms with E-state index in [2.05, 4.69) is 32.1 Å². The lowest BCUT2D eigenvalue weighted by molar-refractivity contribution is 0.486. The number of hydrogen-bond acceptors (Lipinski definition) is 1. The smallest absolute Gasteiger partial charge is 0.0492 e. The molecule has 2 nitrogen and oxygen atoms in total. The Morgan fingerprint density at radius 1 is 1.12 bits per heavy atom. The van der Waals surface area contributed by atoms with Gasteiger partial charge in [-0.2, -0.15) is 5.10 Å². The van der Waals surface area contributed by atoms with Gasteiger partial charge in [-0.05, 0) is 18.9 Å². The van der Waals surface area contributed by atoms with Crippen LogP contribution in [0.4, 0.5) is 0 Å². The van der Waals surface area contributed by atoms with Gasteiger partial charge in [-0.15, -0.1) is 0 Å². The molecule has 1 unspecified atom stereocenters. The molecule has 92 valence electrons.